The standard InChI is InChI=1S/C11H13FN2O2/c12-8-4-3-7(13)6-9(8)14-11(15)10-2-1-5-16-10/h3-4,6,10H,1-2,5,13H2,(H,14,15). The average molecular weight is 224 g/mol. The van der Waals surface area contributed by atoms with Crippen molar-refractivity contribution in [3.8, 4) is 0 Å². The van der Waals surface area contributed by atoms with Crippen LogP contribution in [0.2, 0.25) is 0 Å². The zero-order valence-corrected chi connectivity index (χ0v) is 8.70. The molecular weight excluding hydrogens is 211 g/mol. The Morgan fingerprint density at radius 3 is 3.06 bits per heavy atom. The van der Waals surface area contributed by atoms with Crippen LogP contribution < -0.4 is 11.1 Å². The maximum atomic E-state index is 13.3. The number of hydrogen-bond acceptors (Lipinski definition) is 3. The van der Waals surface area contributed by atoms with Gasteiger partial charge in [0.1, 0.15) is 11.9 Å². The van der Waals surface area contributed by atoms with Gasteiger partial charge in [0.25, 0.3) is 5.91 Å². The highest BCUT2D eigenvalue weighted by atomic mass is 19.1. The number of amides is 1. The Hall–Kier alpha value is -1.62. The number of nitrogens with one attached hydrogen (secondary N) is 1. The highest BCUT2D eigenvalue weighted by Gasteiger charge is 2.24. The van der Waals surface area contributed by atoms with Crippen molar-refractivity contribution in [3.63, 3.8) is 0 Å². The highest BCUT2D eigenvalue weighted by Crippen LogP contribution is 2.19. The molecule has 0 bridgehead atoms. The Morgan fingerprint density at radius 1 is 1.56 bits per heavy atom. The summed E-state index contributed by atoms with van der Waals surface area (Å²) in [6.07, 6.45) is 1.06. The zero-order chi connectivity index (χ0) is 11.5. The minimum Gasteiger partial charge on any atom is -0.399 e. The summed E-state index contributed by atoms with van der Waals surface area (Å²) in [6, 6.07) is 4.06. The molecule has 1 amide bonds. The van der Waals surface area contributed by atoms with Crippen molar-refractivity contribution >= 4 is 17.3 Å². The smallest absolute Gasteiger partial charge is 0.253 e. The molecule has 1 atom stereocenters. The second-order valence-corrected chi connectivity index (χ2v) is 3.73. The Balaban J connectivity index is 2.07. The molecule has 0 spiro atoms. The molecule has 0 radical (unpaired) electrons. The van der Waals surface area contributed by atoms with Gasteiger partial charge in [-0.2, -0.15) is 0 Å². The van der Waals surface area contributed by atoms with Gasteiger partial charge >= 0.3 is 0 Å². The lowest BCUT2D eigenvalue weighted by Crippen LogP contribution is -2.27. The van der Waals surface area contributed by atoms with Gasteiger partial charge < -0.3 is 15.8 Å². The summed E-state index contributed by atoms with van der Waals surface area (Å²) in [7, 11) is 0. The summed E-state index contributed by atoms with van der Waals surface area (Å²) in [5.74, 6) is -0.817. The highest BCUT2D eigenvalue weighted by molar-refractivity contribution is 5.94. The van der Waals surface area contributed by atoms with Gasteiger partial charge in [0, 0.05) is 12.3 Å². The molecule has 0 aliphatic carbocycles. The molecule has 16 heavy (non-hydrogen) atoms. The van der Waals surface area contributed by atoms with Crippen molar-refractivity contribution in [3.05, 3.63) is 24.0 Å². The number of nitrogen functional groups attached to an aromatic ring is 1. The number of carbonyl (C=O) groups is 1. The van der Waals surface area contributed by atoms with Crippen LogP contribution in [0, 0.1) is 5.82 Å². The van der Waals surface area contributed by atoms with Crippen LogP contribution in [0.5, 0.6) is 0 Å². The molecule has 1 aliphatic heterocycles. The van der Waals surface area contributed by atoms with Crippen LogP contribution in [0.25, 0.3) is 0 Å². The normalized spacial score (nSPS) is 19.7. The third-order valence-corrected chi connectivity index (χ3v) is 2.47. The van der Waals surface area contributed by atoms with Crippen molar-refractivity contribution in [2.45, 2.75) is 18.9 Å². The fourth-order valence-electron chi connectivity index (χ4n) is 1.64. The first-order valence-corrected chi connectivity index (χ1v) is 5.14. The van der Waals surface area contributed by atoms with Gasteiger partial charge in [-0.05, 0) is 31.0 Å². The Labute approximate surface area is 92.6 Å². The van der Waals surface area contributed by atoms with E-state index in [2.05, 4.69) is 5.32 Å². The van der Waals surface area contributed by atoms with E-state index < -0.39 is 11.9 Å². The minimum atomic E-state index is -0.499. The molecule has 1 fully saturated rings. The van der Waals surface area contributed by atoms with Crippen molar-refractivity contribution < 1.29 is 13.9 Å². The van der Waals surface area contributed by atoms with Crippen molar-refractivity contribution in [1.82, 2.24) is 0 Å². The largest absolute Gasteiger partial charge is 0.399 e. The third-order valence-electron chi connectivity index (χ3n) is 2.47. The molecule has 86 valence electrons. The molecule has 1 unspecified atom stereocenters. The summed E-state index contributed by atoms with van der Waals surface area (Å²) in [4.78, 5) is 11.6. The molecule has 0 aromatic heterocycles. The second kappa shape index (κ2) is 4.49. The number of halogens is 1. The lowest BCUT2D eigenvalue weighted by Gasteiger charge is -2.11. The topological polar surface area (TPSA) is 64.3 Å². The molecule has 5 heteroatoms. The maximum absolute atomic E-state index is 13.3. The van der Waals surface area contributed by atoms with Crippen molar-refractivity contribution in [2.75, 3.05) is 17.7 Å². The number of anilines is 2. The van der Waals surface area contributed by atoms with Crippen LogP contribution in [-0.2, 0) is 9.53 Å². The van der Waals surface area contributed by atoms with E-state index in [1.54, 1.807) is 0 Å². The number of benzene rings is 1. The summed E-state index contributed by atoms with van der Waals surface area (Å²) < 4.78 is 18.5. The van der Waals surface area contributed by atoms with Gasteiger partial charge in [0.2, 0.25) is 0 Å². The lowest BCUT2D eigenvalue weighted by molar-refractivity contribution is -0.124. The maximum Gasteiger partial charge on any atom is 0.253 e. The lowest BCUT2D eigenvalue weighted by atomic mass is 10.2. The van der Waals surface area contributed by atoms with E-state index in [9.17, 15) is 9.18 Å². The number of ether oxygens (including phenoxy) is 1. The van der Waals surface area contributed by atoms with Crippen LogP contribution in [0.4, 0.5) is 15.8 Å². The van der Waals surface area contributed by atoms with E-state index in [-0.39, 0.29) is 11.6 Å². The number of carbonyl (C=O) groups excluding carboxylic acids is 1. The number of nitrogens with two attached hydrogens (primary N) is 1. The molecule has 0 saturated carbocycles. The second-order valence-electron chi connectivity index (χ2n) is 3.73. The molecule has 1 aromatic carbocycles. The minimum absolute atomic E-state index is 0.0977. The summed E-state index contributed by atoms with van der Waals surface area (Å²) in [5, 5.41) is 2.47. The van der Waals surface area contributed by atoms with Gasteiger partial charge in [0.05, 0.1) is 5.69 Å². The summed E-state index contributed by atoms with van der Waals surface area (Å²) in [6.45, 7) is 0.581. The summed E-state index contributed by atoms with van der Waals surface area (Å²) >= 11 is 0. The molecule has 1 heterocycles. The van der Waals surface area contributed by atoms with Gasteiger partial charge in [-0.3, -0.25) is 4.79 Å². The third kappa shape index (κ3) is 2.30. The van der Waals surface area contributed by atoms with Crippen LogP contribution in [0.15, 0.2) is 18.2 Å². The Morgan fingerprint density at radius 2 is 2.38 bits per heavy atom. The van der Waals surface area contributed by atoms with Gasteiger partial charge in [0.15, 0.2) is 0 Å². The van der Waals surface area contributed by atoms with E-state index in [4.69, 9.17) is 10.5 Å². The van der Waals surface area contributed by atoms with Crippen LogP contribution >= 0.6 is 0 Å². The van der Waals surface area contributed by atoms with Gasteiger partial charge in [-0.1, -0.05) is 0 Å². The fourth-order valence-corrected chi connectivity index (χ4v) is 1.64. The molecule has 3 N–H and O–H groups in total. The number of rotatable bonds is 2. The Kier molecular flexibility index (Phi) is 3.05. The zero-order valence-electron chi connectivity index (χ0n) is 8.70. The predicted octanol–water partition coefficient (Wildman–Crippen LogP) is 1.53. The van der Waals surface area contributed by atoms with Crippen LogP contribution in [-0.4, -0.2) is 18.6 Å². The van der Waals surface area contributed by atoms with Crippen molar-refractivity contribution in [1.29, 1.82) is 0 Å². The first-order chi connectivity index (χ1) is 7.66. The molecule has 4 nitrogen and oxygen atoms in total. The van der Waals surface area contributed by atoms with Gasteiger partial charge in [-0.15, -0.1) is 0 Å². The fraction of sp³-hybridized carbons (Fsp3) is 0.364. The monoisotopic (exact) mass is 224 g/mol. The van der Waals surface area contributed by atoms with E-state index in [1.807, 2.05) is 0 Å². The van der Waals surface area contributed by atoms with E-state index in [0.717, 1.165) is 6.42 Å². The molecule has 1 aromatic rings. The first kappa shape index (κ1) is 10.9. The Bertz CT molecular complexity index is 403. The quantitative estimate of drug-likeness (QED) is 0.749. The molecule has 2 rings (SSSR count). The molecular formula is C11H13FN2O2. The average Bonchev–Trinajstić information content (AvgIpc) is 2.76. The SMILES string of the molecule is Nc1ccc(F)c(NC(=O)C2CCCO2)c1. The van der Waals surface area contributed by atoms with E-state index >= 15 is 0 Å². The predicted molar refractivity (Wildman–Crippen MR) is 58.4 cm³/mol. The van der Waals surface area contributed by atoms with Crippen LogP contribution in [0.3, 0.4) is 0 Å². The summed E-state index contributed by atoms with van der Waals surface area (Å²) in [5.41, 5.74) is 6.01. The van der Waals surface area contributed by atoms with Crippen molar-refractivity contribution in [2.24, 2.45) is 0 Å². The van der Waals surface area contributed by atoms with E-state index in [0.29, 0.717) is 18.7 Å². The first-order valence-electron chi connectivity index (χ1n) is 5.14. The molecule has 1 saturated heterocycles. The molecule has 1 aliphatic rings. The number of hydrogen-bond donors (Lipinski definition) is 2. The van der Waals surface area contributed by atoms with E-state index in [1.165, 1.54) is 18.2 Å². The van der Waals surface area contributed by atoms with Crippen LogP contribution in [0.1, 0.15) is 12.8 Å². The van der Waals surface area contributed by atoms with Gasteiger partial charge in [-0.25, -0.2) is 4.39 Å².